The van der Waals surface area contributed by atoms with Gasteiger partial charge in [0.2, 0.25) is 0 Å². The topological polar surface area (TPSA) is 76.1 Å². The van der Waals surface area contributed by atoms with Crippen LogP contribution in [-0.4, -0.2) is 28.5 Å². The second kappa shape index (κ2) is 7.09. The first-order valence-corrected chi connectivity index (χ1v) is 7.39. The molecule has 2 N–H and O–H groups in total. The van der Waals surface area contributed by atoms with E-state index in [9.17, 15) is 4.79 Å². The maximum atomic E-state index is 12.1. The van der Waals surface area contributed by atoms with Crippen molar-refractivity contribution in [3.63, 3.8) is 0 Å². The highest BCUT2D eigenvalue weighted by Gasteiger charge is 2.16. The summed E-state index contributed by atoms with van der Waals surface area (Å²) in [5.74, 6) is 1.17. The van der Waals surface area contributed by atoms with Gasteiger partial charge in [-0.25, -0.2) is 9.97 Å². The molecule has 0 unspecified atom stereocenters. The fraction of sp³-hybridized carbons (Fsp3) is 0.353. The fourth-order valence-electron chi connectivity index (χ4n) is 2.02. The number of ether oxygens (including phenoxy) is 1. The second-order valence-corrected chi connectivity index (χ2v) is 6.16. The zero-order valence-electron chi connectivity index (χ0n) is 13.9. The van der Waals surface area contributed by atoms with Crippen molar-refractivity contribution in [1.29, 1.82) is 0 Å². The minimum absolute atomic E-state index is 0.222. The van der Waals surface area contributed by atoms with E-state index < -0.39 is 0 Å². The van der Waals surface area contributed by atoms with Gasteiger partial charge in [0.15, 0.2) is 0 Å². The first-order chi connectivity index (χ1) is 10.9. The molecule has 6 nitrogen and oxygen atoms in total. The van der Waals surface area contributed by atoms with E-state index in [1.54, 1.807) is 13.2 Å². The highest BCUT2D eigenvalue weighted by molar-refractivity contribution is 5.93. The number of nitrogens with one attached hydrogen (secondary N) is 2. The van der Waals surface area contributed by atoms with Crippen LogP contribution in [0.2, 0.25) is 0 Å². The first kappa shape index (κ1) is 16.7. The Bertz CT molecular complexity index is 680. The molecule has 1 aromatic carbocycles. The molecule has 0 atom stereocenters. The lowest BCUT2D eigenvalue weighted by atomic mass is 10.1. The molecule has 2 aromatic rings. The molecule has 6 heteroatoms. The summed E-state index contributed by atoms with van der Waals surface area (Å²) < 4.78 is 5.31. The SMILES string of the molecule is COc1ccccc1CNc1cc(C(=O)NC(C)(C)C)ncn1. The Morgan fingerprint density at radius 2 is 1.96 bits per heavy atom. The summed E-state index contributed by atoms with van der Waals surface area (Å²) in [6.45, 7) is 6.31. The van der Waals surface area contributed by atoms with Crippen molar-refractivity contribution >= 4 is 11.7 Å². The standard InChI is InChI=1S/C17H22N4O2/c1-17(2,3)21-16(22)13-9-15(20-11-19-13)18-10-12-7-5-6-8-14(12)23-4/h5-9,11H,10H2,1-4H3,(H,21,22)(H,18,19,20). The molecule has 2 rings (SSSR count). The minimum atomic E-state index is -0.312. The van der Waals surface area contributed by atoms with Gasteiger partial charge in [0.1, 0.15) is 23.6 Å². The van der Waals surface area contributed by atoms with Gasteiger partial charge in [-0.3, -0.25) is 4.79 Å². The van der Waals surface area contributed by atoms with Gasteiger partial charge >= 0.3 is 0 Å². The van der Waals surface area contributed by atoms with Crippen LogP contribution in [0.1, 0.15) is 36.8 Å². The molecule has 0 radical (unpaired) electrons. The number of benzene rings is 1. The maximum absolute atomic E-state index is 12.1. The van der Waals surface area contributed by atoms with Crippen LogP contribution in [0, 0.1) is 0 Å². The lowest BCUT2D eigenvalue weighted by Gasteiger charge is -2.20. The van der Waals surface area contributed by atoms with E-state index in [2.05, 4.69) is 20.6 Å². The number of anilines is 1. The van der Waals surface area contributed by atoms with E-state index in [1.165, 1.54) is 6.33 Å². The van der Waals surface area contributed by atoms with Crippen molar-refractivity contribution in [1.82, 2.24) is 15.3 Å². The van der Waals surface area contributed by atoms with Gasteiger partial charge in [-0.1, -0.05) is 18.2 Å². The van der Waals surface area contributed by atoms with Crippen LogP contribution in [0.25, 0.3) is 0 Å². The Balaban J connectivity index is 2.07. The molecule has 0 aliphatic heterocycles. The molecule has 0 bridgehead atoms. The third-order valence-electron chi connectivity index (χ3n) is 3.04. The monoisotopic (exact) mass is 314 g/mol. The molecule has 23 heavy (non-hydrogen) atoms. The molecule has 0 fully saturated rings. The Labute approximate surface area is 136 Å². The summed E-state index contributed by atoms with van der Waals surface area (Å²) in [7, 11) is 1.64. The van der Waals surface area contributed by atoms with Gasteiger partial charge in [0.25, 0.3) is 5.91 Å². The molecule has 1 aromatic heterocycles. The Morgan fingerprint density at radius 1 is 1.22 bits per heavy atom. The van der Waals surface area contributed by atoms with Gasteiger partial charge < -0.3 is 15.4 Å². The molecule has 1 heterocycles. The molecule has 0 spiro atoms. The molecular weight excluding hydrogens is 292 g/mol. The number of rotatable bonds is 5. The molecular formula is C17H22N4O2. The van der Waals surface area contributed by atoms with Crippen molar-refractivity contribution in [2.45, 2.75) is 32.9 Å². The van der Waals surface area contributed by atoms with E-state index in [4.69, 9.17) is 4.74 Å². The third kappa shape index (κ3) is 4.95. The predicted octanol–water partition coefficient (Wildman–Crippen LogP) is 2.63. The summed E-state index contributed by atoms with van der Waals surface area (Å²) in [5, 5.41) is 6.06. The highest BCUT2D eigenvalue weighted by Crippen LogP contribution is 2.18. The Hall–Kier alpha value is -2.63. The van der Waals surface area contributed by atoms with Crippen molar-refractivity contribution in [2.75, 3.05) is 12.4 Å². The number of para-hydroxylation sites is 1. The summed E-state index contributed by atoms with van der Waals surface area (Å²) in [6, 6.07) is 9.37. The summed E-state index contributed by atoms with van der Waals surface area (Å²) in [6.07, 6.45) is 1.38. The predicted molar refractivity (Wildman–Crippen MR) is 89.6 cm³/mol. The number of carbonyl (C=O) groups excluding carboxylic acids is 1. The van der Waals surface area contributed by atoms with Gasteiger partial charge in [-0.05, 0) is 26.8 Å². The lowest BCUT2D eigenvalue weighted by molar-refractivity contribution is 0.0914. The number of carbonyl (C=O) groups is 1. The number of hydrogen-bond acceptors (Lipinski definition) is 5. The summed E-state index contributed by atoms with van der Waals surface area (Å²) >= 11 is 0. The average molecular weight is 314 g/mol. The smallest absolute Gasteiger partial charge is 0.270 e. The van der Waals surface area contributed by atoms with E-state index in [0.29, 0.717) is 18.1 Å². The molecule has 0 saturated heterocycles. The third-order valence-corrected chi connectivity index (χ3v) is 3.04. The van der Waals surface area contributed by atoms with Crippen molar-refractivity contribution in [2.24, 2.45) is 0 Å². The van der Waals surface area contributed by atoms with Crippen LogP contribution in [0.3, 0.4) is 0 Å². The number of aromatic nitrogens is 2. The molecule has 0 aliphatic carbocycles. The second-order valence-electron chi connectivity index (χ2n) is 6.16. The highest BCUT2D eigenvalue weighted by atomic mass is 16.5. The van der Waals surface area contributed by atoms with Crippen LogP contribution >= 0.6 is 0 Å². The van der Waals surface area contributed by atoms with Gasteiger partial charge in [0, 0.05) is 23.7 Å². The maximum Gasteiger partial charge on any atom is 0.270 e. The normalized spacial score (nSPS) is 11.0. The first-order valence-electron chi connectivity index (χ1n) is 7.39. The van der Waals surface area contributed by atoms with Gasteiger partial charge in [-0.15, -0.1) is 0 Å². The summed E-state index contributed by atoms with van der Waals surface area (Å²) in [5.41, 5.74) is 1.03. The zero-order valence-corrected chi connectivity index (χ0v) is 13.9. The Kier molecular flexibility index (Phi) is 5.16. The van der Waals surface area contributed by atoms with Crippen molar-refractivity contribution < 1.29 is 9.53 Å². The molecule has 0 aliphatic rings. The van der Waals surface area contributed by atoms with Gasteiger partial charge in [0.05, 0.1) is 7.11 Å². The van der Waals surface area contributed by atoms with Crippen LogP contribution in [0.5, 0.6) is 5.75 Å². The van der Waals surface area contributed by atoms with E-state index in [1.807, 2.05) is 45.0 Å². The number of nitrogens with zero attached hydrogens (tertiary/aromatic N) is 2. The molecule has 1 amide bonds. The van der Waals surface area contributed by atoms with Crippen LogP contribution in [0.15, 0.2) is 36.7 Å². The summed E-state index contributed by atoms with van der Waals surface area (Å²) in [4.78, 5) is 20.3. The van der Waals surface area contributed by atoms with Crippen LogP contribution in [0.4, 0.5) is 5.82 Å². The largest absolute Gasteiger partial charge is 0.496 e. The number of hydrogen-bond donors (Lipinski definition) is 2. The van der Waals surface area contributed by atoms with Crippen LogP contribution in [-0.2, 0) is 6.54 Å². The minimum Gasteiger partial charge on any atom is -0.496 e. The molecule has 0 saturated carbocycles. The number of methoxy groups -OCH3 is 1. The van der Waals surface area contributed by atoms with Gasteiger partial charge in [-0.2, -0.15) is 0 Å². The van der Waals surface area contributed by atoms with E-state index in [-0.39, 0.29) is 11.4 Å². The Morgan fingerprint density at radius 3 is 2.65 bits per heavy atom. The van der Waals surface area contributed by atoms with E-state index in [0.717, 1.165) is 11.3 Å². The van der Waals surface area contributed by atoms with Crippen molar-refractivity contribution in [3.05, 3.63) is 47.9 Å². The van der Waals surface area contributed by atoms with E-state index >= 15 is 0 Å². The lowest BCUT2D eigenvalue weighted by Crippen LogP contribution is -2.40. The van der Waals surface area contributed by atoms with Crippen LogP contribution < -0.4 is 15.4 Å². The fourth-order valence-corrected chi connectivity index (χ4v) is 2.02. The number of amides is 1. The molecule has 122 valence electrons. The van der Waals surface area contributed by atoms with Crippen molar-refractivity contribution in [3.8, 4) is 5.75 Å². The quantitative estimate of drug-likeness (QED) is 0.887. The zero-order chi connectivity index (χ0) is 16.9. The average Bonchev–Trinajstić information content (AvgIpc) is 2.52.